The van der Waals surface area contributed by atoms with Crippen LogP contribution in [0, 0.1) is 6.92 Å². The van der Waals surface area contributed by atoms with E-state index >= 15 is 0 Å². The van der Waals surface area contributed by atoms with Crippen molar-refractivity contribution in [1.29, 1.82) is 0 Å². The van der Waals surface area contributed by atoms with E-state index in [1.807, 2.05) is 83.7 Å². The molecule has 0 aliphatic carbocycles. The Morgan fingerprint density at radius 3 is 2.39 bits per heavy atom. The number of rotatable bonds is 7. The normalized spacial score (nSPS) is 11.8. The molecule has 0 amide bonds. The Labute approximate surface area is 222 Å². The molecule has 3 aromatic carbocycles. The maximum atomic E-state index is 13.3. The second-order valence-electron chi connectivity index (χ2n) is 8.75. The Morgan fingerprint density at radius 1 is 0.947 bits per heavy atom. The highest BCUT2D eigenvalue weighted by Crippen LogP contribution is 2.25. The van der Waals surface area contributed by atoms with Crippen molar-refractivity contribution in [3.05, 3.63) is 124 Å². The number of aromatic nitrogens is 5. The minimum absolute atomic E-state index is 0.211. The largest absolute Gasteiger partial charge is 0.490 e. The predicted octanol–water partition coefficient (Wildman–Crippen LogP) is 5.09. The van der Waals surface area contributed by atoms with E-state index in [4.69, 9.17) is 9.84 Å². The van der Waals surface area contributed by atoms with Crippen LogP contribution in [-0.4, -0.2) is 31.0 Å². The Kier molecular flexibility index (Phi) is 6.15. The molecule has 0 saturated carbocycles. The fourth-order valence-electron chi connectivity index (χ4n) is 4.09. The highest BCUT2D eigenvalue weighted by molar-refractivity contribution is 7.15. The highest BCUT2D eigenvalue weighted by atomic mass is 32.1. The molecule has 8 heteroatoms. The molecule has 0 N–H and O–H groups in total. The molecule has 186 valence electrons. The van der Waals surface area contributed by atoms with Gasteiger partial charge in [0.2, 0.25) is 4.96 Å². The molecule has 3 heterocycles. The molecule has 3 aromatic heterocycles. The fourth-order valence-corrected chi connectivity index (χ4v) is 4.99. The number of ether oxygens (including phenoxy) is 1. The van der Waals surface area contributed by atoms with E-state index in [1.165, 1.54) is 21.4 Å². The number of thiazole rings is 1. The molecule has 0 radical (unpaired) electrons. The van der Waals surface area contributed by atoms with Crippen molar-refractivity contribution >= 4 is 22.4 Å². The molecule has 0 aliphatic heterocycles. The third-order valence-corrected chi connectivity index (χ3v) is 7.00. The van der Waals surface area contributed by atoms with Crippen molar-refractivity contribution in [2.75, 3.05) is 6.61 Å². The van der Waals surface area contributed by atoms with Crippen LogP contribution in [0.25, 0.3) is 39.4 Å². The lowest BCUT2D eigenvalue weighted by Gasteiger charge is -2.02. The minimum atomic E-state index is -0.211. The fraction of sp³-hybridized carbons (Fsp3) is 0.0667. The van der Waals surface area contributed by atoms with Crippen molar-refractivity contribution in [2.24, 2.45) is 0 Å². The number of fused-ring (bicyclic) bond motifs is 1. The van der Waals surface area contributed by atoms with Crippen LogP contribution in [0.2, 0.25) is 0 Å². The molecule has 0 aliphatic rings. The molecular formula is C30H23N5O2S. The number of hydrogen-bond acceptors (Lipinski definition) is 6. The highest BCUT2D eigenvalue weighted by Gasteiger charge is 2.15. The Hall–Kier alpha value is -4.82. The molecular weight excluding hydrogens is 494 g/mol. The molecule has 0 spiro atoms. The van der Waals surface area contributed by atoms with Crippen LogP contribution in [0.4, 0.5) is 0 Å². The molecule has 38 heavy (non-hydrogen) atoms. The van der Waals surface area contributed by atoms with Gasteiger partial charge in [0.05, 0.1) is 15.9 Å². The van der Waals surface area contributed by atoms with Crippen LogP contribution in [0.15, 0.2) is 103 Å². The summed E-state index contributed by atoms with van der Waals surface area (Å²) in [5.74, 6) is 1.23. The van der Waals surface area contributed by atoms with E-state index < -0.39 is 0 Å². The van der Waals surface area contributed by atoms with Gasteiger partial charge in [-0.1, -0.05) is 72.0 Å². The first-order valence-corrected chi connectivity index (χ1v) is 12.9. The van der Waals surface area contributed by atoms with Crippen LogP contribution < -0.4 is 14.8 Å². The monoisotopic (exact) mass is 517 g/mol. The van der Waals surface area contributed by atoms with Gasteiger partial charge in [-0.3, -0.25) is 4.79 Å². The van der Waals surface area contributed by atoms with Gasteiger partial charge >= 0.3 is 0 Å². The molecule has 0 fully saturated rings. The number of nitrogens with zero attached hydrogens (tertiary/aromatic N) is 5. The first-order valence-electron chi connectivity index (χ1n) is 12.1. The average molecular weight is 518 g/mol. The lowest BCUT2D eigenvalue weighted by molar-refractivity contribution is 0.363. The van der Waals surface area contributed by atoms with Gasteiger partial charge in [0.15, 0.2) is 5.82 Å². The van der Waals surface area contributed by atoms with Crippen molar-refractivity contribution in [3.8, 4) is 34.1 Å². The summed E-state index contributed by atoms with van der Waals surface area (Å²) in [6.07, 6.45) is 5.51. The summed E-state index contributed by atoms with van der Waals surface area (Å²) >= 11 is 1.31. The van der Waals surface area contributed by atoms with Crippen molar-refractivity contribution in [2.45, 2.75) is 6.92 Å². The average Bonchev–Trinajstić information content (AvgIpc) is 3.64. The van der Waals surface area contributed by atoms with E-state index in [0.717, 1.165) is 33.8 Å². The molecule has 7 nitrogen and oxygen atoms in total. The SMILES string of the molecule is C=CCOc1ccc(-c2nc3sc(=Cc4cn(-c5ccccc5)nc4-c4ccc(C)cc4)c(=O)n3n2)cc1. The summed E-state index contributed by atoms with van der Waals surface area (Å²) in [6.45, 7) is 6.15. The van der Waals surface area contributed by atoms with Crippen molar-refractivity contribution in [1.82, 2.24) is 24.4 Å². The van der Waals surface area contributed by atoms with E-state index in [9.17, 15) is 4.79 Å². The van der Waals surface area contributed by atoms with Crippen LogP contribution in [-0.2, 0) is 0 Å². The maximum Gasteiger partial charge on any atom is 0.291 e. The van der Waals surface area contributed by atoms with Crippen molar-refractivity contribution < 1.29 is 4.74 Å². The second kappa shape index (κ2) is 9.91. The predicted molar refractivity (Wildman–Crippen MR) is 151 cm³/mol. The summed E-state index contributed by atoms with van der Waals surface area (Å²) in [5, 5.41) is 9.35. The third-order valence-electron chi connectivity index (χ3n) is 6.04. The van der Waals surface area contributed by atoms with Gasteiger partial charge in [-0.2, -0.15) is 14.6 Å². The lowest BCUT2D eigenvalue weighted by atomic mass is 10.1. The van der Waals surface area contributed by atoms with Crippen molar-refractivity contribution in [3.63, 3.8) is 0 Å². The zero-order valence-corrected chi connectivity index (χ0v) is 21.4. The standard InChI is InChI=1S/C30H23N5O2S/c1-3-17-37-25-15-13-22(14-16-25)28-31-30-35(33-28)29(36)26(38-30)18-23-19-34(24-7-5-4-6-8-24)32-27(23)21-11-9-20(2)10-12-21/h3-16,18-19H,1,17H2,2H3. The van der Waals surface area contributed by atoms with Gasteiger partial charge in [0, 0.05) is 22.9 Å². The van der Waals surface area contributed by atoms with E-state index in [-0.39, 0.29) is 5.56 Å². The van der Waals surface area contributed by atoms with Gasteiger partial charge in [-0.15, -0.1) is 5.10 Å². The van der Waals surface area contributed by atoms with Gasteiger partial charge in [-0.25, -0.2) is 4.68 Å². The summed E-state index contributed by atoms with van der Waals surface area (Å²) < 4.78 is 9.28. The summed E-state index contributed by atoms with van der Waals surface area (Å²) in [6, 6.07) is 25.6. The molecule has 6 rings (SSSR count). The van der Waals surface area contributed by atoms with E-state index in [1.54, 1.807) is 6.08 Å². The van der Waals surface area contributed by atoms with Crippen LogP contribution in [0.1, 0.15) is 11.1 Å². The third kappa shape index (κ3) is 4.53. The Morgan fingerprint density at radius 2 is 1.68 bits per heavy atom. The van der Waals surface area contributed by atoms with Gasteiger partial charge in [0.1, 0.15) is 12.4 Å². The van der Waals surface area contributed by atoms with Gasteiger partial charge < -0.3 is 4.74 Å². The maximum absolute atomic E-state index is 13.3. The Balaban J connectivity index is 1.40. The van der Waals surface area contributed by atoms with E-state index in [2.05, 4.69) is 35.7 Å². The second-order valence-corrected chi connectivity index (χ2v) is 9.76. The van der Waals surface area contributed by atoms with Crippen LogP contribution in [0.5, 0.6) is 5.75 Å². The van der Waals surface area contributed by atoms with Gasteiger partial charge in [-0.05, 0) is 49.4 Å². The number of aryl methyl sites for hydroxylation is 1. The molecule has 0 unspecified atom stereocenters. The number of benzene rings is 3. The molecule has 6 aromatic rings. The quantitative estimate of drug-likeness (QED) is 0.276. The molecule has 0 atom stereocenters. The molecule has 0 bridgehead atoms. The van der Waals surface area contributed by atoms with Crippen LogP contribution >= 0.6 is 11.3 Å². The molecule has 0 saturated heterocycles. The van der Waals surface area contributed by atoms with Crippen LogP contribution in [0.3, 0.4) is 0 Å². The number of para-hydroxylation sites is 1. The number of hydrogen-bond donors (Lipinski definition) is 0. The summed E-state index contributed by atoms with van der Waals surface area (Å²) in [4.78, 5) is 18.5. The first kappa shape index (κ1) is 23.6. The zero-order chi connectivity index (χ0) is 26.1. The van der Waals surface area contributed by atoms with E-state index in [0.29, 0.717) is 21.9 Å². The topological polar surface area (TPSA) is 74.3 Å². The minimum Gasteiger partial charge on any atom is -0.490 e. The lowest BCUT2D eigenvalue weighted by Crippen LogP contribution is -2.23. The van der Waals surface area contributed by atoms with Gasteiger partial charge in [0.25, 0.3) is 5.56 Å². The first-order chi connectivity index (χ1) is 18.6. The smallest absolute Gasteiger partial charge is 0.291 e. The summed E-state index contributed by atoms with van der Waals surface area (Å²) in [7, 11) is 0. The zero-order valence-electron chi connectivity index (χ0n) is 20.6. The summed E-state index contributed by atoms with van der Waals surface area (Å²) in [5.41, 5.74) is 5.33. The Bertz CT molecular complexity index is 1850.